The zero-order valence-corrected chi connectivity index (χ0v) is 13.2. The van der Waals surface area contributed by atoms with E-state index in [0.717, 1.165) is 5.56 Å². The van der Waals surface area contributed by atoms with Crippen LogP contribution in [0.1, 0.15) is 5.56 Å². The summed E-state index contributed by atoms with van der Waals surface area (Å²) in [4.78, 5) is 11.8. The maximum Gasteiger partial charge on any atom is 0.239 e. The summed E-state index contributed by atoms with van der Waals surface area (Å²) < 4.78 is 5.24. The summed E-state index contributed by atoms with van der Waals surface area (Å²) in [7, 11) is 0. The number of carbonyl (C=O) groups excluding carboxylic acids is 1. The molecule has 1 fully saturated rings. The van der Waals surface area contributed by atoms with Crippen molar-refractivity contribution in [2.45, 2.75) is 12.5 Å². The van der Waals surface area contributed by atoms with Crippen molar-refractivity contribution < 1.29 is 9.53 Å². The van der Waals surface area contributed by atoms with E-state index in [1.807, 2.05) is 6.07 Å². The number of carbonyl (C=O) groups is 1. The lowest BCUT2D eigenvalue weighted by Crippen LogP contribution is -2.51. The predicted molar refractivity (Wildman–Crippen MR) is 83.0 cm³/mol. The number of rotatable bonds is 4. The van der Waals surface area contributed by atoms with Gasteiger partial charge in [-0.1, -0.05) is 29.3 Å². The van der Waals surface area contributed by atoms with E-state index in [-0.39, 0.29) is 24.4 Å². The average Bonchev–Trinajstić information content (AvgIpc) is 2.42. The molecule has 1 aromatic rings. The van der Waals surface area contributed by atoms with Crippen LogP contribution in [0.15, 0.2) is 18.2 Å². The van der Waals surface area contributed by atoms with Crippen molar-refractivity contribution in [3.8, 4) is 0 Å². The smallest absolute Gasteiger partial charge is 0.239 e. The Hall–Kier alpha value is -0.520. The van der Waals surface area contributed by atoms with Gasteiger partial charge in [0.25, 0.3) is 0 Å². The molecule has 1 saturated heterocycles. The van der Waals surface area contributed by atoms with Crippen LogP contribution in [0.3, 0.4) is 0 Å². The van der Waals surface area contributed by atoms with Gasteiger partial charge in [0.15, 0.2) is 0 Å². The molecule has 0 saturated carbocycles. The van der Waals surface area contributed by atoms with Crippen LogP contribution < -0.4 is 10.6 Å². The van der Waals surface area contributed by atoms with Gasteiger partial charge < -0.3 is 15.4 Å². The fourth-order valence-corrected chi connectivity index (χ4v) is 2.40. The summed E-state index contributed by atoms with van der Waals surface area (Å²) in [6.45, 7) is 2.33. The van der Waals surface area contributed by atoms with Crippen LogP contribution in [0.25, 0.3) is 0 Å². The molecule has 1 atom stereocenters. The van der Waals surface area contributed by atoms with E-state index < -0.39 is 0 Å². The molecule has 1 amide bonds. The molecule has 2 N–H and O–H groups in total. The third-order valence-electron chi connectivity index (χ3n) is 2.95. The maximum atomic E-state index is 11.8. The molecule has 0 bridgehead atoms. The minimum atomic E-state index is -0.255. The van der Waals surface area contributed by atoms with E-state index in [9.17, 15) is 4.79 Å². The fraction of sp³-hybridized carbons (Fsp3) is 0.462. The third-order valence-corrected chi connectivity index (χ3v) is 3.53. The van der Waals surface area contributed by atoms with E-state index in [0.29, 0.717) is 42.8 Å². The molecule has 1 aliphatic rings. The summed E-state index contributed by atoms with van der Waals surface area (Å²) in [5, 5.41) is 7.21. The number of benzene rings is 1. The molecule has 7 heteroatoms. The Morgan fingerprint density at radius 2 is 2.25 bits per heavy atom. The molecule has 4 nitrogen and oxygen atoms in total. The van der Waals surface area contributed by atoms with Gasteiger partial charge in [0.1, 0.15) is 6.04 Å². The van der Waals surface area contributed by atoms with Gasteiger partial charge in [-0.05, 0) is 24.1 Å². The molecular formula is C13H17Cl3N2O2. The second-order valence-corrected chi connectivity index (χ2v) is 5.20. The highest BCUT2D eigenvalue weighted by Gasteiger charge is 2.20. The lowest BCUT2D eigenvalue weighted by atomic mass is 10.1. The Morgan fingerprint density at radius 1 is 1.45 bits per heavy atom. The molecule has 0 radical (unpaired) electrons. The monoisotopic (exact) mass is 338 g/mol. The van der Waals surface area contributed by atoms with Crippen LogP contribution in [-0.2, 0) is 16.0 Å². The van der Waals surface area contributed by atoms with E-state index >= 15 is 0 Å². The fourth-order valence-electron chi connectivity index (χ4n) is 1.90. The largest absolute Gasteiger partial charge is 0.378 e. The van der Waals surface area contributed by atoms with Gasteiger partial charge >= 0.3 is 0 Å². The summed E-state index contributed by atoms with van der Waals surface area (Å²) >= 11 is 11.9. The van der Waals surface area contributed by atoms with Gasteiger partial charge in [0.2, 0.25) is 5.91 Å². The Balaban J connectivity index is 0.00000200. The average molecular weight is 340 g/mol. The zero-order valence-electron chi connectivity index (χ0n) is 10.8. The number of hydrogen-bond donors (Lipinski definition) is 2. The molecule has 2 rings (SSSR count). The maximum absolute atomic E-state index is 11.8. The summed E-state index contributed by atoms with van der Waals surface area (Å²) in [5.41, 5.74) is 0.972. The quantitative estimate of drug-likeness (QED) is 0.883. The van der Waals surface area contributed by atoms with Gasteiger partial charge in [-0.3, -0.25) is 4.79 Å². The first kappa shape index (κ1) is 17.5. The number of amides is 1. The van der Waals surface area contributed by atoms with Gasteiger partial charge in [-0.2, -0.15) is 0 Å². The number of nitrogens with one attached hydrogen (secondary N) is 2. The first-order chi connectivity index (χ1) is 9.16. The predicted octanol–water partition coefficient (Wildman–Crippen LogP) is 2.06. The van der Waals surface area contributed by atoms with E-state index in [1.54, 1.807) is 12.1 Å². The van der Waals surface area contributed by atoms with Gasteiger partial charge in [-0.25, -0.2) is 0 Å². The van der Waals surface area contributed by atoms with Crippen molar-refractivity contribution in [2.24, 2.45) is 0 Å². The lowest BCUT2D eigenvalue weighted by molar-refractivity contribution is -0.125. The van der Waals surface area contributed by atoms with Crippen LogP contribution in [0.4, 0.5) is 0 Å². The highest BCUT2D eigenvalue weighted by molar-refractivity contribution is 6.35. The summed E-state index contributed by atoms with van der Waals surface area (Å²) in [6.07, 6.45) is 0.676. The van der Waals surface area contributed by atoms with Gasteiger partial charge in [0.05, 0.1) is 13.2 Å². The van der Waals surface area contributed by atoms with E-state index in [4.69, 9.17) is 27.9 Å². The topological polar surface area (TPSA) is 50.4 Å². The Morgan fingerprint density at radius 3 is 2.90 bits per heavy atom. The lowest BCUT2D eigenvalue weighted by Gasteiger charge is -2.22. The molecule has 1 heterocycles. The Labute approximate surface area is 134 Å². The molecule has 0 spiro atoms. The van der Waals surface area contributed by atoms with Gasteiger partial charge in [-0.15, -0.1) is 12.4 Å². The van der Waals surface area contributed by atoms with E-state index in [1.165, 1.54) is 0 Å². The highest BCUT2D eigenvalue weighted by atomic mass is 35.5. The highest BCUT2D eigenvalue weighted by Crippen LogP contribution is 2.20. The Kier molecular flexibility index (Phi) is 7.62. The number of ether oxygens (including phenoxy) is 1. The van der Waals surface area contributed by atoms with Crippen LogP contribution in [-0.4, -0.2) is 38.3 Å². The van der Waals surface area contributed by atoms with Crippen molar-refractivity contribution in [1.82, 2.24) is 10.6 Å². The molecule has 0 aliphatic carbocycles. The third kappa shape index (κ3) is 5.11. The van der Waals surface area contributed by atoms with Crippen molar-refractivity contribution in [3.05, 3.63) is 33.8 Å². The molecule has 1 aliphatic heterocycles. The minimum Gasteiger partial charge on any atom is -0.378 e. The molecule has 1 unspecified atom stereocenters. The van der Waals surface area contributed by atoms with Crippen LogP contribution in [0.2, 0.25) is 10.0 Å². The second-order valence-electron chi connectivity index (χ2n) is 4.36. The van der Waals surface area contributed by atoms with E-state index in [2.05, 4.69) is 10.6 Å². The number of halogens is 3. The van der Waals surface area contributed by atoms with Crippen molar-refractivity contribution >= 4 is 41.5 Å². The normalized spacial score (nSPS) is 18.2. The van der Waals surface area contributed by atoms with Gasteiger partial charge in [0, 0.05) is 23.1 Å². The number of hydrogen-bond acceptors (Lipinski definition) is 3. The molecule has 112 valence electrons. The SMILES string of the molecule is Cl.O=C(NCCc1ccc(Cl)cc1Cl)C1COCCN1. The molecule has 0 aromatic heterocycles. The first-order valence-corrected chi connectivity index (χ1v) is 6.95. The Bertz CT molecular complexity index is 451. The second kappa shape index (κ2) is 8.70. The molecule has 1 aromatic carbocycles. The zero-order chi connectivity index (χ0) is 13.7. The van der Waals surface area contributed by atoms with Crippen molar-refractivity contribution in [3.63, 3.8) is 0 Å². The molecular weight excluding hydrogens is 323 g/mol. The van der Waals surface area contributed by atoms with Crippen molar-refractivity contribution in [2.75, 3.05) is 26.3 Å². The summed E-state index contributed by atoms with van der Waals surface area (Å²) in [6, 6.07) is 5.12. The molecule has 20 heavy (non-hydrogen) atoms. The van der Waals surface area contributed by atoms with Crippen LogP contribution >= 0.6 is 35.6 Å². The minimum absolute atomic E-state index is 0. The summed E-state index contributed by atoms with van der Waals surface area (Å²) in [5.74, 6) is -0.0372. The first-order valence-electron chi connectivity index (χ1n) is 6.19. The van der Waals surface area contributed by atoms with Crippen LogP contribution in [0, 0.1) is 0 Å². The van der Waals surface area contributed by atoms with Crippen molar-refractivity contribution in [1.29, 1.82) is 0 Å². The van der Waals surface area contributed by atoms with Crippen LogP contribution in [0.5, 0.6) is 0 Å². The standard InChI is InChI=1S/C13H16Cl2N2O2.ClH/c14-10-2-1-9(11(15)7-10)3-4-17-13(18)12-8-19-6-5-16-12;/h1-2,7,12,16H,3-6,8H2,(H,17,18);1H. The number of morpholine rings is 1.